The summed E-state index contributed by atoms with van der Waals surface area (Å²) in [5.41, 5.74) is -0.529. The number of aromatic hydroxyl groups is 1. The monoisotopic (exact) mass is 467 g/mol. The summed E-state index contributed by atoms with van der Waals surface area (Å²) in [6.07, 6.45) is -4.58. The number of benzene rings is 2. The maximum absolute atomic E-state index is 13.2. The number of carbonyl (C=O) groups excluding carboxylic acids is 1. The fourth-order valence-corrected chi connectivity index (χ4v) is 4.49. The van der Waals surface area contributed by atoms with Gasteiger partial charge < -0.3 is 9.84 Å². The number of phenols is 1. The molecule has 0 bridgehead atoms. The Balaban J connectivity index is 2.41. The number of sulfone groups is 1. The number of rotatable bonds is 4. The highest BCUT2D eigenvalue weighted by Crippen LogP contribution is 2.37. The van der Waals surface area contributed by atoms with E-state index in [1.54, 1.807) is 0 Å². The van der Waals surface area contributed by atoms with Gasteiger partial charge in [-0.05, 0) is 44.5 Å². The first kappa shape index (κ1) is 23.5. The van der Waals surface area contributed by atoms with Crippen LogP contribution in [-0.4, -0.2) is 36.8 Å². The fourth-order valence-electron chi connectivity index (χ4n) is 3.35. The molecule has 0 aliphatic carbocycles. The van der Waals surface area contributed by atoms with Crippen LogP contribution in [0, 0.1) is 6.92 Å². The average molecular weight is 467 g/mol. The van der Waals surface area contributed by atoms with Gasteiger partial charge in [-0.1, -0.05) is 12.1 Å². The Morgan fingerprint density at radius 2 is 1.81 bits per heavy atom. The van der Waals surface area contributed by atoms with Gasteiger partial charge in [0.1, 0.15) is 10.6 Å². The molecule has 3 rings (SSSR count). The summed E-state index contributed by atoms with van der Waals surface area (Å²) in [6, 6.07) is 6.66. The summed E-state index contributed by atoms with van der Waals surface area (Å²) >= 11 is 0. The van der Waals surface area contributed by atoms with E-state index in [2.05, 4.69) is 4.98 Å². The number of alkyl halides is 3. The molecule has 0 unspecified atom stereocenters. The van der Waals surface area contributed by atoms with Crippen molar-refractivity contribution in [2.75, 3.05) is 7.11 Å². The van der Waals surface area contributed by atoms with E-state index in [-0.39, 0.29) is 38.2 Å². The summed E-state index contributed by atoms with van der Waals surface area (Å²) in [5.74, 6) is -1.39. The molecule has 0 saturated heterocycles. The molecule has 0 aliphatic heterocycles. The molecule has 1 heterocycles. The second-order valence-corrected chi connectivity index (χ2v) is 9.93. The van der Waals surface area contributed by atoms with Crippen molar-refractivity contribution in [3.05, 3.63) is 53.1 Å². The molecule has 0 spiro atoms. The molecular weight excluding hydrogens is 447 g/mol. The molecule has 1 aromatic heterocycles. The van der Waals surface area contributed by atoms with E-state index in [1.165, 1.54) is 32.9 Å². The summed E-state index contributed by atoms with van der Waals surface area (Å²) in [5, 5.41) is 9.63. The quantitative estimate of drug-likeness (QED) is 0.549. The van der Waals surface area contributed by atoms with Gasteiger partial charge in [-0.2, -0.15) is 13.2 Å². The fraction of sp³-hybridized carbons (Fsp3) is 0.273. The molecule has 0 atom stereocenters. The van der Waals surface area contributed by atoms with E-state index in [0.29, 0.717) is 0 Å². The number of esters is 1. The standard InChI is InChI=1S/C22H20F3NO5S/c1-11(2)32(29,30)18-9-15-16(10-17(18)27)26-20(12(3)19(15)21(28)31-4)13-6-5-7-14(8-13)22(23,24)25/h5-11,27H,1-4H3. The molecule has 6 nitrogen and oxygen atoms in total. The van der Waals surface area contributed by atoms with Crippen LogP contribution in [0.1, 0.15) is 35.3 Å². The van der Waals surface area contributed by atoms with E-state index >= 15 is 0 Å². The maximum atomic E-state index is 13.2. The zero-order valence-electron chi connectivity index (χ0n) is 17.6. The highest BCUT2D eigenvalue weighted by atomic mass is 32.2. The predicted molar refractivity (Wildman–Crippen MR) is 112 cm³/mol. The third-order valence-corrected chi connectivity index (χ3v) is 7.27. The molecular formula is C22H20F3NO5S. The van der Waals surface area contributed by atoms with Gasteiger partial charge in [0.25, 0.3) is 0 Å². The van der Waals surface area contributed by atoms with Crippen molar-refractivity contribution < 1.29 is 36.2 Å². The zero-order valence-corrected chi connectivity index (χ0v) is 18.4. The first-order chi connectivity index (χ1) is 14.8. The molecule has 0 fully saturated rings. The summed E-state index contributed by atoms with van der Waals surface area (Å²) < 4.78 is 69.7. The second-order valence-electron chi connectivity index (χ2n) is 7.46. The van der Waals surface area contributed by atoms with Crippen LogP contribution in [0.15, 0.2) is 41.3 Å². The molecule has 170 valence electrons. The van der Waals surface area contributed by atoms with Gasteiger partial charge in [0.15, 0.2) is 9.84 Å². The number of fused-ring (bicyclic) bond motifs is 1. The third-order valence-electron chi connectivity index (χ3n) is 5.09. The Labute approximate surface area is 182 Å². The predicted octanol–water partition coefficient (Wildman–Crippen LogP) is 4.90. The number of ether oxygens (including phenoxy) is 1. The lowest BCUT2D eigenvalue weighted by Crippen LogP contribution is -2.15. The molecule has 32 heavy (non-hydrogen) atoms. The van der Waals surface area contributed by atoms with Crippen LogP contribution in [-0.2, 0) is 20.8 Å². The van der Waals surface area contributed by atoms with Crippen molar-refractivity contribution in [3.63, 3.8) is 0 Å². The first-order valence-corrected chi connectivity index (χ1v) is 11.0. The first-order valence-electron chi connectivity index (χ1n) is 9.46. The SMILES string of the molecule is COC(=O)c1c(C)c(-c2cccc(C(F)(F)F)c2)nc2cc(O)c(S(=O)(=O)C(C)C)cc12. The Morgan fingerprint density at radius 3 is 2.38 bits per heavy atom. The number of methoxy groups -OCH3 is 1. The third kappa shape index (κ3) is 4.02. The Morgan fingerprint density at radius 1 is 1.16 bits per heavy atom. The van der Waals surface area contributed by atoms with Crippen LogP contribution in [0.5, 0.6) is 5.75 Å². The average Bonchev–Trinajstić information content (AvgIpc) is 2.71. The van der Waals surface area contributed by atoms with E-state index in [4.69, 9.17) is 4.74 Å². The molecule has 10 heteroatoms. The molecule has 0 amide bonds. The van der Waals surface area contributed by atoms with E-state index in [0.717, 1.165) is 31.4 Å². The number of pyridine rings is 1. The van der Waals surface area contributed by atoms with Gasteiger partial charge in [-0.25, -0.2) is 18.2 Å². The topological polar surface area (TPSA) is 93.6 Å². The molecule has 1 N–H and O–H groups in total. The molecule has 0 saturated carbocycles. The van der Waals surface area contributed by atoms with Gasteiger partial charge >= 0.3 is 12.1 Å². The van der Waals surface area contributed by atoms with Crippen LogP contribution in [0.2, 0.25) is 0 Å². The highest BCUT2D eigenvalue weighted by molar-refractivity contribution is 7.92. The number of hydrogen-bond acceptors (Lipinski definition) is 6. The summed E-state index contributed by atoms with van der Waals surface area (Å²) in [7, 11) is -2.77. The van der Waals surface area contributed by atoms with Crippen LogP contribution >= 0.6 is 0 Å². The largest absolute Gasteiger partial charge is 0.507 e. The van der Waals surface area contributed by atoms with Gasteiger partial charge in [0.2, 0.25) is 0 Å². The lowest BCUT2D eigenvalue weighted by atomic mass is 9.96. The van der Waals surface area contributed by atoms with Crippen LogP contribution in [0.4, 0.5) is 13.2 Å². The molecule has 0 aliphatic rings. The second kappa shape index (κ2) is 8.09. The summed E-state index contributed by atoms with van der Waals surface area (Å²) in [6.45, 7) is 4.37. The number of carbonyl (C=O) groups is 1. The minimum absolute atomic E-state index is 0.0311. The molecule has 0 radical (unpaired) electrons. The van der Waals surface area contributed by atoms with Crippen LogP contribution in [0.3, 0.4) is 0 Å². The lowest BCUT2D eigenvalue weighted by molar-refractivity contribution is -0.137. The molecule has 3 aromatic rings. The van der Waals surface area contributed by atoms with E-state index in [1.807, 2.05) is 0 Å². The smallest absolute Gasteiger partial charge is 0.416 e. The normalized spacial score (nSPS) is 12.4. The van der Waals surface area contributed by atoms with Gasteiger partial charge in [-0.15, -0.1) is 0 Å². The Kier molecular flexibility index (Phi) is 5.94. The van der Waals surface area contributed by atoms with Crippen LogP contribution in [0.25, 0.3) is 22.2 Å². The van der Waals surface area contributed by atoms with Gasteiger partial charge in [-0.3, -0.25) is 0 Å². The number of aromatic nitrogens is 1. The minimum atomic E-state index is -4.58. The number of phenolic OH excluding ortho intramolecular Hbond substituents is 1. The Hall–Kier alpha value is -3.14. The highest BCUT2D eigenvalue weighted by Gasteiger charge is 2.31. The van der Waals surface area contributed by atoms with Crippen molar-refractivity contribution in [1.29, 1.82) is 0 Å². The van der Waals surface area contributed by atoms with Crippen molar-refractivity contribution in [1.82, 2.24) is 4.98 Å². The van der Waals surface area contributed by atoms with Crippen molar-refractivity contribution in [3.8, 4) is 17.0 Å². The van der Waals surface area contributed by atoms with Crippen molar-refractivity contribution in [2.45, 2.75) is 37.1 Å². The molecule has 2 aromatic carbocycles. The lowest BCUT2D eigenvalue weighted by Gasteiger charge is -2.16. The van der Waals surface area contributed by atoms with Crippen molar-refractivity contribution in [2.24, 2.45) is 0 Å². The van der Waals surface area contributed by atoms with E-state index < -0.39 is 38.5 Å². The number of halogens is 3. The Bertz CT molecular complexity index is 1330. The van der Waals surface area contributed by atoms with Crippen LogP contribution < -0.4 is 0 Å². The number of nitrogens with zero attached hydrogens (tertiary/aromatic N) is 1. The van der Waals surface area contributed by atoms with E-state index in [9.17, 15) is 31.5 Å². The minimum Gasteiger partial charge on any atom is -0.507 e. The van der Waals surface area contributed by atoms with Crippen molar-refractivity contribution >= 4 is 26.7 Å². The van der Waals surface area contributed by atoms with Gasteiger partial charge in [0, 0.05) is 17.0 Å². The zero-order chi connectivity index (χ0) is 24.0. The number of hydrogen-bond donors (Lipinski definition) is 1. The summed E-state index contributed by atoms with van der Waals surface area (Å²) in [4.78, 5) is 16.6. The van der Waals surface area contributed by atoms with Gasteiger partial charge in [0.05, 0.1) is 34.7 Å². The maximum Gasteiger partial charge on any atom is 0.416 e.